The van der Waals surface area contributed by atoms with Crippen molar-refractivity contribution in [3.8, 4) is 17.1 Å². The van der Waals surface area contributed by atoms with Crippen LogP contribution in [0.2, 0.25) is 0 Å². The summed E-state index contributed by atoms with van der Waals surface area (Å²) in [5.41, 5.74) is 3.04. The minimum absolute atomic E-state index is 0.00563. The molecule has 4 rings (SSSR count). The molecule has 0 saturated heterocycles. The highest BCUT2D eigenvalue weighted by Gasteiger charge is 2.21. The van der Waals surface area contributed by atoms with Crippen molar-refractivity contribution in [1.29, 1.82) is 0 Å². The average molecular weight is 414 g/mol. The number of hydrogen-bond donors (Lipinski definition) is 0. The van der Waals surface area contributed by atoms with Gasteiger partial charge >= 0.3 is 0 Å². The summed E-state index contributed by atoms with van der Waals surface area (Å²) in [4.78, 5) is 10.6. The molecule has 156 valence electrons. The predicted octanol–water partition coefficient (Wildman–Crippen LogP) is 5.06. The molecule has 0 bridgehead atoms. The van der Waals surface area contributed by atoms with Crippen LogP contribution in [0.5, 0.6) is 5.75 Å². The first-order chi connectivity index (χ1) is 15.1. The maximum atomic E-state index is 11.0. The molecular formula is C24H22N4O3. The van der Waals surface area contributed by atoms with E-state index in [1.807, 2.05) is 42.5 Å². The lowest BCUT2D eigenvalue weighted by molar-refractivity contribution is -0.384. The van der Waals surface area contributed by atoms with E-state index < -0.39 is 4.92 Å². The number of benzene rings is 3. The van der Waals surface area contributed by atoms with Crippen LogP contribution in [-0.4, -0.2) is 26.8 Å². The number of nitrogens with zero attached hydrogens (tertiary/aromatic N) is 4. The lowest BCUT2D eigenvalue weighted by Crippen LogP contribution is -2.10. The van der Waals surface area contributed by atoms with E-state index in [0.29, 0.717) is 12.4 Å². The maximum absolute atomic E-state index is 11.0. The molecule has 4 aromatic rings. The Hall–Kier alpha value is -4.00. The van der Waals surface area contributed by atoms with Gasteiger partial charge in [0.1, 0.15) is 11.6 Å². The van der Waals surface area contributed by atoms with Crippen molar-refractivity contribution in [1.82, 2.24) is 14.8 Å². The third kappa shape index (κ3) is 4.30. The molecule has 7 nitrogen and oxygen atoms in total. The fraction of sp³-hybridized carbons (Fsp3) is 0.167. The molecule has 0 aliphatic carbocycles. The Labute approximate surface area is 180 Å². The number of ether oxygens (including phenoxy) is 1. The molecule has 0 radical (unpaired) electrons. The Morgan fingerprint density at radius 3 is 2.26 bits per heavy atom. The Morgan fingerprint density at radius 1 is 0.968 bits per heavy atom. The largest absolute Gasteiger partial charge is 0.497 e. The second-order valence-electron chi connectivity index (χ2n) is 7.25. The summed E-state index contributed by atoms with van der Waals surface area (Å²) in [5, 5.41) is 20.0. The van der Waals surface area contributed by atoms with Gasteiger partial charge in [0.2, 0.25) is 0 Å². The zero-order valence-corrected chi connectivity index (χ0v) is 17.3. The Bertz CT molecular complexity index is 1170. The highest BCUT2D eigenvalue weighted by atomic mass is 16.6. The molecule has 3 aromatic carbocycles. The molecule has 0 aliphatic heterocycles. The van der Waals surface area contributed by atoms with Crippen LogP contribution in [-0.2, 0) is 6.54 Å². The number of nitro groups is 1. The number of nitro benzene ring substituents is 1. The van der Waals surface area contributed by atoms with E-state index in [1.165, 1.54) is 12.1 Å². The molecule has 0 spiro atoms. The van der Waals surface area contributed by atoms with Gasteiger partial charge in [-0.2, -0.15) is 0 Å². The molecule has 1 heterocycles. The van der Waals surface area contributed by atoms with Gasteiger partial charge in [-0.05, 0) is 35.4 Å². The SMILES string of the molecule is COc1ccc(C(C)c2nnc(-c3ccc([N+](=O)[O-])cc3)n2Cc2ccccc2)cc1. The van der Waals surface area contributed by atoms with Crippen LogP contribution >= 0.6 is 0 Å². The smallest absolute Gasteiger partial charge is 0.269 e. The Morgan fingerprint density at radius 2 is 1.65 bits per heavy atom. The first-order valence-electron chi connectivity index (χ1n) is 9.92. The van der Waals surface area contributed by atoms with E-state index in [9.17, 15) is 10.1 Å². The molecule has 31 heavy (non-hydrogen) atoms. The van der Waals surface area contributed by atoms with Gasteiger partial charge in [-0.1, -0.05) is 49.4 Å². The maximum Gasteiger partial charge on any atom is 0.269 e. The van der Waals surface area contributed by atoms with E-state index in [1.54, 1.807) is 19.2 Å². The number of rotatable bonds is 7. The zero-order valence-electron chi connectivity index (χ0n) is 17.3. The minimum atomic E-state index is -0.407. The number of hydrogen-bond acceptors (Lipinski definition) is 5. The van der Waals surface area contributed by atoms with Gasteiger partial charge in [-0.3, -0.25) is 10.1 Å². The topological polar surface area (TPSA) is 83.1 Å². The summed E-state index contributed by atoms with van der Waals surface area (Å²) in [6, 6.07) is 24.4. The van der Waals surface area contributed by atoms with Crippen molar-refractivity contribution < 1.29 is 9.66 Å². The molecule has 0 N–H and O–H groups in total. The van der Waals surface area contributed by atoms with Crippen molar-refractivity contribution in [2.45, 2.75) is 19.4 Å². The summed E-state index contributed by atoms with van der Waals surface area (Å²) < 4.78 is 7.34. The molecule has 0 saturated carbocycles. The molecule has 1 unspecified atom stereocenters. The van der Waals surface area contributed by atoms with Crippen LogP contribution in [0.4, 0.5) is 5.69 Å². The zero-order chi connectivity index (χ0) is 21.8. The molecule has 0 fully saturated rings. The fourth-order valence-electron chi connectivity index (χ4n) is 3.54. The second-order valence-corrected chi connectivity index (χ2v) is 7.25. The molecule has 7 heteroatoms. The molecule has 0 aliphatic rings. The number of aromatic nitrogens is 3. The molecular weight excluding hydrogens is 392 g/mol. The molecule has 1 atom stereocenters. The van der Waals surface area contributed by atoms with E-state index in [-0.39, 0.29) is 11.6 Å². The van der Waals surface area contributed by atoms with Crippen molar-refractivity contribution in [3.05, 3.63) is 106 Å². The highest BCUT2D eigenvalue weighted by molar-refractivity contribution is 5.58. The summed E-state index contributed by atoms with van der Waals surface area (Å²) >= 11 is 0. The van der Waals surface area contributed by atoms with E-state index >= 15 is 0 Å². The van der Waals surface area contributed by atoms with Crippen molar-refractivity contribution in [3.63, 3.8) is 0 Å². The third-order valence-electron chi connectivity index (χ3n) is 5.30. The molecule has 0 amide bonds. The summed E-state index contributed by atoms with van der Waals surface area (Å²) in [5.74, 6) is 2.29. The van der Waals surface area contributed by atoms with Gasteiger partial charge in [0, 0.05) is 23.6 Å². The van der Waals surface area contributed by atoms with Crippen LogP contribution in [0, 0.1) is 10.1 Å². The fourth-order valence-corrected chi connectivity index (χ4v) is 3.54. The van der Waals surface area contributed by atoms with E-state index in [4.69, 9.17) is 4.74 Å². The summed E-state index contributed by atoms with van der Waals surface area (Å²) in [6.45, 7) is 2.68. The number of non-ortho nitro benzene ring substituents is 1. The van der Waals surface area contributed by atoms with Gasteiger partial charge in [0.15, 0.2) is 5.82 Å². The third-order valence-corrected chi connectivity index (χ3v) is 5.30. The minimum Gasteiger partial charge on any atom is -0.497 e. The van der Waals surface area contributed by atoms with Crippen molar-refractivity contribution >= 4 is 5.69 Å². The van der Waals surface area contributed by atoms with Crippen LogP contribution in [0.3, 0.4) is 0 Å². The quantitative estimate of drug-likeness (QED) is 0.312. The van der Waals surface area contributed by atoms with Crippen LogP contribution in [0.1, 0.15) is 29.8 Å². The Balaban J connectivity index is 1.76. The average Bonchev–Trinajstić information content (AvgIpc) is 3.22. The first kappa shape index (κ1) is 20.3. The van der Waals surface area contributed by atoms with Gasteiger partial charge in [-0.15, -0.1) is 10.2 Å². The predicted molar refractivity (Wildman–Crippen MR) is 118 cm³/mol. The van der Waals surface area contributed by atoms with Gasteiger partial charge in [-0.25, -0.2) is 0 Å². The van der Waals surface area contributed by atoms with Gasteiger partial charge in [0.05, 0.1) is 18.6 Å². The standard InChI is InChI=1S/C24H22N4O3/c1-17(19-10-14-22(31-2)15-11-19)23-25-26-24(20-8-12-21(13-9-20)28(29)30)27(23)16-18-6-4-3-5-7-18/h3-15,17H,16H2,1-2H3. The lowest BCUT2D eigenvalue weighted by Gasteiger charge is -2.16. The van der Waals surface area contributed by atoms with Gasteiger partial charge < -0.3 is 9.30 Å². The summed E-state index contributed by atoms with van der Waals surface area (Å²) in [6.07, 6.45) is 0. The van der Waals surface area contributed by atoms with E-state index in [0.717, 1.165) is 28.3 Å². The molecule has 1 aromatic heterocycles. The first-order valence-corrected chi connectivity index (χ1v) is 9.92. The van der Waals surface area contributed by atoms with Crippen LogP contribution in [0.15, 0.2) is 78.9 Å². The van der Waals surface area contributed by atoms with E-state index in [2.05, 4.69) is 33.8 Å². The van der Waals surface area contributed by atoms with Crippen LogP contribution < -0.4 is 4.74 Å². The second kappa shape index (κ2) is 8.79. The van der Waals surface area contributed by atoms with Crippen LogP contribution in [0.25, 0.3) is 11.4 Å². The highest BCUT2D eigenvalue weighted by Crippen LogP contribution is 2.29. The monoisotopic (exact) mass is 414 g/mol. The Kier molecular flexibility index (Phi) is 5.75. The lowest BCUT2D eigenvalue weighted by atomic mass is 10.00. The number of methoxy groups -OCH3 is 1. The van der Waals surface area contributed by atoms with Crippen molar-refractivity contribution in [2.24, 2.45) is 0 Å². The van der Waals surface area contributed by atoms with Gasteiger partial charge in [0.25, 0.3) is 5.69 Å². The normalized spacial score (nSPS) is 11.8. The summed E-state index contributed by atoms with van der Waals surface area (Å²) in [7, 11) is 1.64. The van der Waals surface area contributed by atoms with Crippen molar-refractivity contribution in [2.75, 3.05) is 7.11 Å².